The third kappa shape index (κ3) is 8.13. The van der Waals surface area contributed by atoms with Crippen molar-refractivity contribution in [2.45, 2.75) is 26.5 Å². The average molecular weight is 543 g/mol. The molecule has 2 heterocycles. The lowest BCUT2D eigenvalue weighted by atomic mass is 10.2. The van der Waals surface area contributed by atoms with E-state index < -0.39 is 0 Å². The van der Waals surface area contributed by atoms with Gasteiger partial charge in [0.1, 0.15) is 23.5 Å². The maximum atomic E-state index is 13.3. The van der Waals surface area contributed by atoms with Crippen molar-refractivity contribution in [3.05, 3.63) is 54.0 Å². The number of hydrogen-bond donors (Lipinski definition) is 2. The predicted octanol–water partition coefficient (Wildman–Crippen LogP) is 3.20. The number of pyridine rings is 1. The van der Waals surface area contributed by atoms with Gasteiger partial charge in [0.15, 0.2) is 5.96 Å². The van der Waals surface area contributed by atoms with Gasteiger partial charge in [0.25, 0.3) is 0 Å². The lowest BCUT2D eigenvalue weighted by Gasteiger charge is -2.29. The Morgan fingerprint density at radius 1 is 1.26 bits per heavy atom. The lowest BCUT2D eigenvalue weighted by Crippen LogP contribution is -2.42. The first-order valence-corrected chi connectivity index (χ1v) is 10.4. The zero-order chi connectivity index (χ0) is 21.2. The third-order valence-electron chi connectivity index (χ3n) is 4.62. The van der Waals surface area contributed by atoms with Crippen LogP contribution in [-0.2, 0) is 11.3 Å². The smallest absolute Gasteiger partial charge is 0.191 e. The summed E-state index contributed by atoms with van der Waals surface area (Å²) in [5.74, 6) is 1.86. The number of aliphatic imine (C=N–C) groups is 1. The molecular weight excluding hydrogens is 512 g/mol. The van der Waals surface area contributed by atoms with E-state index in [-0.39, 0.29) is 35.9 Å². The van der Waals surface area contributed by atoms with Gasteiger partial charge in [-0.1, -0.05) is 12.1 Å². The summed E-state index contributed by atoms with van der Waals surface area (Å²) in [6.45, 7) is 8.84. The van der Waals surface area contributed by atoms with E-state index in [9.17, 15) is 4.39 Å². The number of anilines is 1. The fourth-order valence-corrected chi connectivity index (χ4v) is 3.17. The molecule has 0 saturated carbocycles. The van der Waals surface area contributed by atoms with Gasteiger partial charge in [-0.15, -0.1) is 24.0 Å². The van der Waals surface area contributed by atoms with Gasteiger partial charge < -0.3 is 25.0 Å². The number of morpholine rings is 1. The van der Waals surface area contributed by atoms with Gasteiger partial charge in [-0.2, -0.15) is 0 Å². The molecule has 1 aromatic carbocycles. The lowest BCUT2D eigenvalue weighted by molar-refractivity contribution is 0.122. The molecule has 1 aromatic heterocycles. The monoisotopic (exact) mass is 543 g/mol. The number of halogens is 2. The molecule has 0 aliphatic carbocycles. The summed E-state index contributed by atoms with van der Waals surface area (Å²) < 4.78 is 24.5. The fourth-order valence-electron chi connectivity index (χ4n) is 3.17. The highest BCUT2D eigenvalue weighted by atomic mass is 127. The van der Waals surface area contributed by atoms with E-state index in [2.05, 4.69) is 26.6 Å². The van der Waals surface area contributed by atoms with Crippen LogP contribution >= 0.6 is 24.0 Å². The molecule has 0 radical (unpaired) electrons. The van der Waals surface area contributed by atoms with Crippen LogP contribution in [0.1, 0.15) is 19.4 Å². The van der Waals surface area contributed by atoms with Crippen molar-refractivity contribution in [1.82, 2.24) is 15.6 Å². The molecule has 0 spiro atoms. The Hall–Kier alpha value is -2.14. The second kappa shape index (κ2) is 13.3. The van der Waals surface area contributed by atoms with Crippen molar-refractivity contribution in [2.24, 2.45) is 4.99 Å². The summed E-state index contributed by atoms with van der Waals surface area (Å²) in [5, 5.41) is 6.54. The van der Waals surface area contributed by atoms with E-state index >= 15 is 0 Å². The Balaban J connectivity index is 0.00000341. The number of hydrogen-bond acceptors (Lipinski definition) is 5. The molecule has 1 atom stereocenters. The number of guanidine groups is 1. The number of rotatable bonds is 8. The molecule has 1 fully saturated rings. The summed E-state index contributed by atoms with van der Waals surface area (Å²) in [5.41, 5.74) is 1.07. The van der Waals surface area contributed by atoms with Gasteiger partial charge >= 0.3 is 0 Å². The van der Waals surface area contributed by atoms with Crippen LogP contribution in [0.3, 0.4) is 0 Å². The Kier molecular flexibility index (Phi) is 10.8. The SMILES string of the molecule is CCNC(=NCc1cccnc1N1CCOCC1)NCC(C)Oc1cccc(F)c1.I. The van der Waals surface area contributed by atoms with Crippen molar-refractivity contribution in [3.63, 3.8) is 0 Å². The number of aromatic nitrogens is 1. The van der Waals surface area contributed by atoms with Gasteiger partial charge in [0.2, 0.25) is 0 Å². The van der Waals surface area contributed by atoms with Crippen molar-refractivity contribution in [3.8, 4) is 5.75 Å². The van der Waals surface area contributed by atoms with E-state index in [1.807, 2.05) is 26.1 Å². The Labute approximate surface area is 200 Å². The first kappa shape index (κ1) is 25.1. The Morgan fingerprint density at radius 3 is 2.81 bits per heavy atom. The molecule has 0 amide bonds. The van der Waals surface area contributed by atoms with Crippen molar-refractivity contribution < 1.29 is 13.9 Å². The van der Waals surface area contributed by atoms with Gasteiger partial charge in [-0.25, -0.2) is 14.4 Å². The quantitative estimate of drug-likeness (QED) is 0.303. The van der Waals surface area contributed by atoms with Crippen molar-refractivity contribution in [1.29, 1.82) is 0 Å². The predicted molar refractivity (Wildman–Crippen MR) is 132 cm³/mol. The van der Waals surface area contributed by atoms with E-state index in [1.165, 1.54) is 12.1 Å². The summed E-state index contributed by atoms with van der Waals surface area (Å²) in [4.78, 5) is 11.5. The number of nitrogens with one attached hydrogen (secondary N) is 2. The standard InChI is InChI=1S/C22H30FN5O2.HI/c1-3-24-22(26-15-17(2)30-20-8-4-7-19(23)14-20)27-16-18-6-5-9-25-21(18)28-10-12-29-13-11-28;/h4-9,14,17H,3,10-13,15-16H2,1-2H3,(H2,24,26,27);1H. The van der Waals surface area contributed by atoms with E-state index in [0.717, 1.165) is 31.0 Å². The van der Waals surface area contributed by atoms with Crippen molar-refractivity contribution >= 4 is 35.8 Å². The molecule has 1 saturated heterocycles. The molecular formula is C22H31FIN5O2. The van der Waals surface area contributed by atoms with Crippen LogP contribution in [0.15, 0.2) is 47.6 Å². The molecule has 3 rings (SSSR count). The van der Waals surface area contributed by atoms with Crippen LogP contribution in [0.2, 0.25) is 0 Å². The largest absolute Gasteiger partial charge is 0.489 e. The fraction of sp³-hybridized carbons (Fsp3) is 0.455. The summed E-state index contributed by atoms with van der Waals surface area (Å²) >= 11 is 0. The highest BCUT2D eigenvalue weighted by Crippen LogP contribution is 2.19. The zero-order valence-corrected chi connectivity index (χ0v) is 20.3. The van der Waals surface area contributed by atoms with Crippen LogP contribution in [0, 0.1) is 5.82 Å². The highest BCUT2D eigenvalue weighted by molar-refractivity contribution is 14.0. The highest BCUT2D eigenvalue weighted by Gasteiger charge is 2.15. The Bertz CT molecular complexity index is 833. The first-order chi connectivity index (χ1) is 14.7. The maximum Gasteiger partial charge on any atom is 0.191 e. The molecule has 2 aromatic rings. The summed E-state index contributed by atoms with van der Waals surface area (Å²) in [6, 6.07) is 10.1. The zero-order valence-electron chi connectivity index (χ0n) is 18.0. The summed E-state index contributed by atoms with van der Waals surface area (Å²) in [7, 11) is 0. The molecule has 1 aliphatic heterocycles. The second-order valence-corrected chi connectivity index (χ2v) is 7.05. The number of benzene rings is 1. The average Bonchev–Trinajstić information content (AvgIpc) is 2.76. The minimum absolute atomic E-state index is 0. The summed E-state index contributed by atoms with van der Waals surface area (Å²) in [6.07, 6.45) is 1.66. The second-order valence-electron chi connectivity index (χ2n) is 7.05. The van der Waals surface area contributed by atoms with Crippen LogP contribution in [0.25, 0.3) is 0 Å². The molecule has 1 unspecified atom stereocenters. The molecule has 31 heavy (non-hydrogen) atoms. The normalized spacial score (nSPS) is 15.1. The van der Waals surface area contributed by atoms with E-state index in [4.69, 9.17) is 14.5 Å². The molecule has 170 valence electrons. The minimum Gasteiger partial charge on any atom is -0.489 e. The van der Waals surface area contributed by atoms with Gasteiger partial charge in [-0.3, -0.25) is 0 Å². The molecule has 2 N–H and O–H groups in total. The van der Waals surface area contributed by atoms with Crippen LogP contribution < -0.4 is 20.3 Å². The van der Waals surface area contributed by atoms with Gasteiger partial charge in [-0.05, 0) is 32.0 Å². The van der Waals surface area contributed by atoms with Crippen LogP contribution in [0.5, 0.6) is 5.75 Å². The third-order valence-corrected chi connectivity index (χ3v) is 4.62. The maximum absolute atomic E-state index is 13.3. The topological polar surface area (TPSA) is 71.0 Å². The molecule has 7 nitrogen and oxygen atoms in total. The van der Waals surface area contributed by atoms with Crippen LogP contribution in [-0.4, -0.2) is 56.4 Å². The molecule has 1 aliphatic rings. The van der Waals surface area contributed by atoms with Gasteiger partial charge in [0, 0.05) is 37.5 Å². The van der Waals surface area contributed by atoms with Crippen molar-refractivity contribution in [2.75, 3.05) is 44.3 Å². The molecule has 0 bridgehead atoms. The number of nitrogens with zero attached hydrogens (tertiary/aromatic N) is 3. The van der Waals surface area contributed by atoms with Crippen LogP contribution in [0.4, 0.5) is 10.2 Å². The number of ether oxygens (including phenoxy) is 2. The van der Waals surface area contributed by atoms with E-state index in [1.54, 1.807) is 12.1 Å². The van der Waals surface area contributed by atoms with E-state index in [0.29, 0.717) is 38.0 Å². The minimum atomic E-state index is -0.310. The van der Waals surface area contributed by atoms with Gasteiger partial charge in [0.05, 0.1) is 26.3 Å². The Morgan fingerprint density at radius 2 is 2.06 bits per heavy atom. The molecule has 9 heteroatoms. The first-order valence-electron chi connectivity index (χ1n) is 10.4.